The van der Waals surface area contributed by atoms with Crippen molar-refractivity contribution >= 4 is 35.2 Å². The molecule has 1 aromatic heterocycles. The van der Waals surface area contributed by atoms with Gasteiger partial charge in [0.15, 0.2) is 0 Å². The second-order valence-corrected chi connectivity index (χ2v) is 12.9. The van der Waals surface area contributed by atoms with Gasteiger partial charge >= 0.3 is 6.09 Å². The Labute approximate surface area is 236 Å². The topological polar surface area (TPSA) is 90.9 Å². The molecular weight excluding hydrogens is 516 g/mol. The molecule has 3 heterocycles. The molecule has 2 amide bonds. The quantitative estimate of drug-likeness (QED) is 0.569. The van der Waals surface area contributed by atoms with Crippen LogP contribution in [0.4, 0.5) is 16.4 Å². The molecule has 2 saturated heterocycles. The number of aromatic nitrogens is 2. The van der Waals surface area contributed by atoms with Gasteiger partial charge < -0.3 is 24.8 Å². The largest absolute Gasteiger partial charge is 0.444 e. The minimum Gasteiger partial charge on any atom is -0.444 e. The van der Waals surface area contributed by atoms with Crippen molar-refractivity contribution in [3.63, 3.8) is 0 Å². The van der Waals surface area contributed by atoms with Gasteiger partial charge in [-0.3, -0.25) is 4.79 Å². The average Bonchev–Trinajstić information content (AvgIpc) is 2.87. The van der Waals surface area contributed by atoms with Crippen LogP contribution in [0.1, 0.15) is 59.9 Å². The smallest absolute Gasteiger partial charge is 0.410 e. The fourth-order valence-corrected chi connectivity index (χ4v) is 5.33. The Morgan fingerprint density at radius 2 is 1.51 bits per heavy atom. The van der Waals surface area contributed by atoms with E-state index in [4.69, 9.17) is 16.3 Å². The van der Waals surface area contributed by atoms with Crippen LogP contribution in [0, 0.1) is 0 Å². The van der Waals surface area contributed by atoms with Crippen molar-refractivity contribution in [2.24, 2.45) is 0 Å². The van der Waals surface area contributed by atoms with Crippen LogP contribution in [-0.4, -0.2) is 82.2 Å². The molecule has 0 radical (unpaired) electrons. The Balaban J connectivity index is 1.48. The number of nitrogens with zero attached hydrogens (tertiary/aromatic N) is 5. The minimum atomic E-state index is -0.718. The zero-order valence-corrected chi connectivity index (χ0v) is 24.7. The fraction of sp³-hybridized carbons (Fsp3) is 0.586. The standard InChI is InChI=1S/C29H41ClN6O3/c1-27(2,3)33-23-19-24(32-20-31-23)34-15-17-35(18-16-34)25(37)29(21-7-9-22(30)10-8-21)11-13-36(14-12-29)26(38)39-28(4,5)6/h7-10,19-20H,11-18H2,1-6H3,(H,31,32,33). The third kappa shape index (κ3) is 7.12. The maximum Gasteiger partial charge on any atom is 0.410 e. The van der Waals surface area contributed by atoms with Crippen LogP contribution in [0.15, 0.2) is 36.7 Å². The van der Waals surface area contributed by atoms with Gasteiger partial charge in [-0.15, -0.1) is 0 Å². The number of halogens is 1. The normalized spacial score (nSPS) is 18.1. The summed E-state index contributed by atoms with van der Waals surface area (Å²) in [7, 11) is 0. The zero-order valence-electron chi connectivity index (χ0n) is 24.0. The Hall–Kier alpha value is -3.07. The average molecular weight is 557 g/mol. The van der Waals surface area contributed by atoms with Crippen molar-refractivity contribution in [1.82, 2.24) is 19.8 Å². The number of rotatable bonds is 4. The van der Waals surface area contributed by atoms with Crippen LogP contribution in [0.5, 0.6) is 0 Å². The number of piperidine rings is 1. The zero-order chi connectivity index (χ0) is 28.4. The summed E-state index contributed by atoms with van der Waals surface area (Å²) in [5.74, 6) is 1.73. The summed E-state index contributed by atoms with van der Waals surface area (Å²) in [6.45, 7) is 15.3. The number of nitrogens with one attached hydrogen (secondary N) is 1. The van der Waals surface area contributed by atoms with Crippen LogP contribution in [0.25, 0.3) is 0 Å². The first kappa shape index (κ1) is 28.9. The molecule has 2 aliphatic heterocycles. The van der Waals surface area contributed by atoms with Gasteiger partial charge in [0.1, 0.15) is 23.6 Å². The summed E-state index contributed by atoms with van der Waals surface area (Å²) in [5.41, 5.74) is -0.447. The third-order valence-corrected chi connectivity index (χ3v) is 7.37. The van der Waals surface area contributed by atoms with E-state index in [0.717, 1.165) is 17.2 Å². The molecule has 4 rings (SSSR count). The van der Waals surface area contributed by atoms with Gasteiger partial charge in [-0.05, 0) is 72.1 Å². The summed E-state index contributed by atoms with van der Waals surface area (Å²) >= 11 is 6.19. The molecular formula is C29H41ClN6O3. The molecule has 0 bridgehead atoms. The van der Waals surface area contributed by atoms with Crippen molar-refractivity contribution in [3.8, 4) is 0 Å². The summed E-state index contributed by atoms with van der Waals surface area (Å²) in [6, 6.07) is 9.53. The van der Waals surface area contributed by atoms with Gasteiger partial charge in [0.05, 0.1) is 5.41 Å². The molecule has 0 saturated carbocycles. The first-order valence-electron chi connectivity index (χ1n) is 13.6. The van der Waals surface area contributed by atoms with Crippen LogP contribution in [0.3, 0.4) is 0 Å². The Bertz CT molecular complexity index is 1160. The molecule has 10 heteroatoms. The van der Waals surface area contributed by atoms with Gasteiger partial charge in [0, 0.05) is 55.9 Å². The van der Waals surface area contributed by atoms with Gasteiger partial charge in [-0.25, -0.2) is 14.8 Å². The number of amides is 2. The van der Waals surface area contributed by atoms with Crippen LogP contribution >= 0.6 is 11.6 Å². The minimum absolute atomic E-state index is 0.103. The highest BCUT2D eigenvalue weighted by molar-refractivity contribution is 6.30. The number of anilines is 2. The van der Waals surface area contributed by atoms with E-state index in [9.17, 15) is 9.59 Å². The van der Waals surface area contributed by atoms with Gasteiger partial charge in [0.2, 0.25) is 5.91 Å². The number of carbonyl (C=O) groups is 2. The number of hydrogen-bond acceptors (Lipinski definition) is 7. The highest BCUT2D eigenvalue weighted by atomic mass is 35.5. The molecule has 1 N–H and O–H groups in total. The van der Waals surface area contributed by atoms with Crippen molar-refractivity contribution in [3.05, 3.63) is 47.2 Å². The van der Waals surface area contributed by atoms with Gasteiger partial charge in [0.25, 0.3) is 0 Å². The predicted octanol–water partition coefficient (Wildman–Crippen LogP) is 4.96. The number of benzene rings is 1. The van der Waals surface area contributed by atoms with Crippen molar-refractivity contribution in [2.75, 3.05) is 49.5 Å². The van der Waals surface area contributed by atoms with E-state index < -0.39 is 11.0 Å². The maximum absolute atomic E-state index is 14.2. The van der Waals surface area contributed by atoms with Crippen molar-refractivity contribution < 1.29 is 14.3 Å². The van der Waals surface area contributed by atoms with Crippen LogP contribution in [-0.2, 0) is 14.9 Å². The summed E-state index contributed by atoms with van der Waals surface area (Å²) in [5, 5.41) is 4.02. The van der Waals surface area contributed by atoms with Crippen LogP contribution < -0.4 is 10.2 Å². The molecule has 0 atom stereocenters. The molecule has 0 aliphatic carbocycles. The first-order valence-corrected chi connectivity index (χ1v) is 14.0. The van der Waals surface area contributed by atoms with E-state index in [1.54, 1.807) is 11.2 Å². The van der Waals surface area contributed by atoms with Crippen molar-refractivity contribution in [2.45, 2.75) is 70.9 Å². The molecule has 212 valence electrons. The second kappa shape index (κ2) is 11.2. The molecule has 0 unspecified atom stereocenters. The lowest BCUT2D eigenvalue weighted by atomic mass is 9.71. The highest BCUT2D eigenvalue weighted by Crippen LogP contribution is 2.39. The van der Waals surface area contributed by atoms with Gasteiger partial charge in [-0.2, -0.15) is 0 Å². The molecule has 2 aliphatic rings. The lowest BCUT2D eigenvalue weighted by Gasteiger charge is -2.45. The molecule has 0 spiro atoms. The van der Waals surface area contributed by atoms with E-state index >= 15 is 0 Å². The Morgan fingerprint density at radius 3 is 2.08 bits per heavy atom. The number of piperazine rings is 1. The second-order valence-electron chi connectivity index (χ2n) is 12.5. The van der Waals surface area contributed by atoms with Crippen LogP contribution in [0.2, 0.25) is 5.02 Å². The highest BCUT2D eigenvalue weighted by Gasteiger charge is 2.46. The van der Waals surface area contributed by atoms with Gasteiger partial charge in [-0.1, -0.05) is 23.7 Å². The molecule has 1 aromatic carbocycles. The SMILES string of the molecule is CC(C)(C)Nc1cc(N2CCN(C(=O)C3(c4ccc(Cl)cc4)CCN(C(=O)OC(C)(C)C)CC3)CC2)ncn1. The lowest BCUT2D eigenvalue weighted by molar-refractivity contribution is -0.140. The Kier molecular flexibility index (Phi) is 8.30. The molecule has 2 fully saturated rings. The molecule has 9 nitrogen and oxygen atoms in total. The van der Waals surface area contributed by atoms with E-state index in [0.29, 0.717) is 57.1 Å². The van der Waals surface area contributed by atoms with Crippen molar-refractivity contribution in [1.29, 1.82) is 0 Å². The number of carbonyl (C=O) groups excluding carboxylic acids is 2. The Morgan fingerprint density at radius 1 is 0.897 bits per heavy atom. The lowest BCUT2D eigenvalue weighted by Crippen LogP contribution is -2.58. The number of likely N-dealkylation sites (tertiary alicyclic amines) is 1. The summed E-state index contributed by atoms with van der Waals surface area (Å²) in [4.78, 5) is 41.6. The summed E-state index contributed by atoms with van der Waals surface area (Å²) in [6.07, 6.45) is 2.30. The van der Waals surface area contributed by atoms with E-state index in [1.165, 1.54) is 0 Å². The third-order valence-electron chi connectivity index (χ3n) is 7.12. The maximum atomic E-state index is 14.2. The van der Waals surface area contributed by atoms with E-state index in [1.807, 2.05) is 56.0 Å². The monoisotopic (exact) mass is 556 g/mol. The fourth-order valence-electron chi connectivity index (χ4n) is 5.21. The molecule has 39 heavy (non-hydrogen) atoms. The molecule has 2 aromatic rings. The number of hydrogen-bond donors (Lipinski definition) is 1. The number of ether oxygens (including phenoxy) is 1. The first-order chi connectivity index (χ1) is 18.3. The van der Waals surface area contributed by atoms with E-state index in [-0.39, 0.29) is 17.5 Å². The predicted molar refractivity (Wildman–Crippen MR) is 154 cm³/mol. The summed E-state index contributed by atoms with van der Waals surface area (Å²) < 4.78 is 5.59. The van der Waals surface area contributed by atoms with E-state index in [2.05, 4.69) is 41.0 Å².